The first-order chi connectivity index (χ1) is 6.36. The molecule has 3 nitrogen and oxygen atoms in total. The van der Waals surface area contributed by atoms with Crippen LogP contribution in [0.2, 0.25) is 0 Å². The van der Waals surface area contributed by atoms with Gasteiger partial charge in [-0.1, -0.05) is 0 Å². The molecule has 0 aliphatic carbocycles. The number of carbonyl (C=O) groups excluding carboxylic acids is 1. The zero-order valence-corrected chi connectivity index (χ0v) is 7.43. The van der Waals surface area contributed by atoms with Crippen molar-refractivity contribution in [1.29, 1.82) is 0 Å². The van der Waals surface area contributed by atoms with Crippen LogP contribution in [-0.4, -0.2) is 24.6 Å². The molecule has 0 saturated carbocycles. The number of hydrogen-bond acceptors (Lipinski definition) is 2. The average Bonchev–Trinajstić information content (AvgIpc) is 2.64. The Bertz CT molecular complexity index is 352. The number of aromatic nitrogens is 1. The lowest BCUT2D eigenvalue weighted by molar-refractivity contribution is -0.108. The fourth-order valence-corrected chi connectivity index (χ4v) is 1.69. The Labute approximate surface area is 76.6 Å². The lowest BCUT2D eigenvalue weighted by Crippen LogP contribution is -2.04. The van der Waals surface area contributed by atoms with E-state index >= 15 is 0 Å². The second-order valence-corrected chi connectivity index (χ2v) is 3.09. The monoisotopic (exact) mass is 177 g/mol. The summed E-state index contributed by atoms with van der Waals surface area (Å²) in [5, 5.41) is 0. The van der Waals surface area contributed by atoms with Gasteiger partial charge in [0.25, 0.3) is 0 Å². The molecule has 1 aliphatic rings. The first-order valence-corrected chi connectivity index (χ1v) is 4.18. The first kappa shape index (κ1) is 8.26. The van der Waals surface area contributed by atoms with Gasteiger partial charge in [-0.05, 0) is 17.7 Å². The number of ether oxygens (including phenoxy) is 1. The third-order valence-corrected chi connectivity index (χ3v) is 2.28. The van der Waals surface area contributed by atoms with Gasteiger partial charge >= 0.3 is 0 Å². The van der Waals surface area contributed by atoms with Crippen LogP contribution in [-0.2, 0) is 9.53 Å². The van der Waals surface area contributed by atoms with Crippen molar-refractivity contribution in [3.63, 3.8) is 0 Å². The molecule has 13 heavy (non-hydrogen) atoms. The molecular formula is C10H11NO2. The molecule has 1 atom stereocenters. The van der Waals surface area contributed by atoms with Crippen molar-refractivity contribution >= 4 is 12.5 Å². The van der Waals surface area contributed by atoms with Gasteiger partial charge in [-0.25, -0.2) is 0 Å². The van der Waals surface area contributed by atoms with Gasteiger partial charge in [-0.2, -0.15) is 0 Å². The van der Waals surface area contributed by atoms with Crippen LogP contribution in [0.5, 0.6) is 0 Å². The molecule has 1 aromatic heterocycles. The summed E-state index contributed by atoms with van der Waals surface area (Å²) in [6.45, 7) is 0.519. The highest BCUT2D eigenvalue weighted by atomic mass is 16.5. The Hall–Kier alpha value is -1.35. The van der Waals surface area contributed by atoms with Crippen molar-refractivity contribution in [3.05, 3.63) is 29.6 Å². The fraction of sp³-hybridized carbons (Fsp3) is 0.300. The zero-order valence-electron chi connectivity index (χ0n) is 7.43. The Morgan fingerprint density at radius 3 is 3.23 bits per heavy atom. The second-order valence-electron chi connectivity index (χ2n) is 3.09. The quantitative estimate of drug-likeness (QED) is 0.651. The van der Waals surface area contributed by atoms with Crippen LogP contribution in [0.4, 0.5) is 0 Å². The molecule has 0 unspecified atom stereocenters. The predicted octanol–water partition coefficient (Wildman–Crippen LogP) is 1.27. The van der Waals surface area contributed by atoms with Crippen LogP contribution in [0.15, 0.2) is 23.9 Å². The van der Waals surface area contributed by atoms with E-state index in [9.17, 15) is 4.79 Å². The molecule has 0 N–H and O–H groups in total. The second kappa shape index (κ2) is 3.18. The van der Waals surface area contributed by atoms with Crippen molar-refractivity contribution in [2.24, 2.45) is 0 Å². The van der Waals surface area contributed by atoms with Crippen LogP contribution in [0.25, 0.3) is 6.20 Å². The van der Waals surface area contributed by atoms with Gasteiger partial charge in [0.1, 0.15) is 6.29 Å². The lowest BCUT2D eigenvalue weighted by atomic mass is 10.0. The smallest absolute Gasteiger partial charge is 0.133 e. The van der Waals surface area contributed by atoms with E-state index in [1.54, 1.807) is 7.11 Å². The van der Waals surface area contributed by atoms with Crippen molar-refractivity contribution in [1.82, 2.24) is 4.57 Å². The summed E-state index contributed by atoms with van der Waals surface area (Å²) in [6.07, 6.45) is 4.86. The summed E-state index contributed by atoms with van der Waals surface area (Å²) in [7, 11) is 1.64. The van der Waals surface area contributed by atoms with Crippen LogP contribution >= 0.6 is 0 Å². The Balaban J connectivity index is 2.33. The van der Waals surface area contributed by atoms with Gasteiger partial charge in [-0.15, -0.1) is 0 Å². The van der Waals surface area contributed by atoms with E-state index in [0.29, 0.717) is 6.61 Å². The van der Waals surface area contributed by atoms with Gasteiger partial charge in [0.05, 0.1) is 12.5 Å². The summed E-state index contributed by atoms with van der Waals surface area (Å²) in [6, 6.07) is 3.89. The highest BCUT2D eigenvalue weighted by Crippen LogP contribution is 2.30. The predicted molar refractivity (Wildman–Crippen MR) is 49.4 cm³/mol. The number of methoxy groups -OCH3 is 1. The van der Waals surface area contributed by atoms with Gasteiger partial charge in [0.2, 0.25) is 0 Å². The van der Waals surface area contributed by atoms with E-state index in [2.05, 4.69) is 0 Å². The SMILES string of the molecule is COCC1=Cn2cccc2[C@H]1C=O. The number of nitrogens with zero attached hydrogens (tertiary/aromatic N) is 1. The highest BCUT2D eigenvalue weighted by molar-refractivity contribution is 5.72. The van der Waals surface area contributed by atoms with Crippen molar-refractivity contribution < 1.29 is 9.53 Å². The molecule has 0 aromatic carbocycles. The minimum atomic E-state index is -0.116. The third-order valence-electron chi connectivity index (χ3n) is 2.28. The summed E-state index contributed by atoms with van der Waals surface area (Å²) >= 11 is 0. The van der Waals surface area contributed by atoms with Crippen LogP contribution in [0.1, 0.15) is 11.6 Å². The topological polar surface area (TPSA) is 31.2 Å². The van der Waals surface area contributed by atoms with E-state index in [1.165, 1.54) is 0 Å². The molecule has 2 rings (SSSR count). The summed E-state index contributed by atoms with van der Waals surface area (Å²) < 4.78 is 6.98. The van der Waals surface area contributed by atoms with Crippen molar-refractivity contribution in [2.45, 2.75) is 5.92 Å². The van der Waals surface area contributed by atoms with Crippen molar-refractivity contribution in [3.8, 4) is 0 Å². The van der Waals surface area contributed by atoms with Crippen LogP contribution < -0.4 is 0 Å². The first-order valence-electron chi connectivity index (χ1n) is 4.18. The molecule has 0 radical (unpaired) electrons. The third kappa shape index (κ3) is 1.21. The van der Waals surface area contributed by atoms with E-state index in [-0.39, 0.29) is 5.92 Å². The summed E-state index contributed by atoms with van der Waals surface area (Å²) in [5.41, 5.74) is 2.05. The minimum Gasteiger partial charge on any atom is -0.380 e. The molecule has 0 bridgehead atoms. The molecule has 68 valence electrons. The number of aldehydes is 1. The maximum Gasteiger partial charge on any atom is 0.133 e. The Kier molecular flexibility index (Phi) is 2.02. The highest BCUT2D eigenvalue weighted by Gasteiger charge is 2.24. The molecule has 1 aliphatic heterocycles. The normalized spacial score (nSPS) is 19.8. The number of carbonyl (C=O) groups is 1. The van der Waals surface area contributed by atoms with E-state index in [1.807, 2.05) is 29.1 Å². The Morgan fingerprint density at radius 2 is 2.54 bits per heavy atom. The molecule has 1 aromatic rings. The molecule has 3 heteroatoms. The zero-order chi connectivity index (χ0) is 9.26. The molecule has 0 fully saturated rings. The minimum absolute atomic E-state index is 0.116. The van der Waals surface area contributed by atoms with Crippen LogP contribution in [0, 0.1) is 0 Å². The average molecular weight is 177 g/mol. The van der Waals surface area contributed by atoms with E-state index in [4.69, 9.17) is 4.74 Å². The number of rotatable bonds is 3. The fourth-order valence-electron chi connectivity index (χ4n) is 1.69. The summed E-state index contributed by atoms with van der Waals surface area (Å²) in [4.78, 5) is 10.8. The number of hydrogen-bond donors (Lipinski definition) is 0. The van der Waals surface area contributed by atoms with Gasteiger partial charge < -0.3 is 14.1 Å². The molecule has 0 spiro atoms. The van der Waals surface area contributed by atoms with Gasteiger partial charge in [-0.3, -0.25) is 0 Å². The molecule has 0 amide bonds. The Morgan fingerprint density at radius 1 is 1.69 bits per heavy atom. The van der Waals surface area contributed by atoms with Gasteiger partial charge in [0, 0.05) is 25.2 Å². The maximum absolute atomic E-state index is 10.8. The van der Waals surface area contributed by atoms with Crippen molar-refractivity contribution in [2.75, 3.05) is 13.7 Å². The maximum atomic E-state index is 10.8. The summed E-state index contributed by atoms with van der Waals surface area (Å²) in [5.74, 6) is -0.116. The molecule has 2 heterocycles. The molecular weight excluding hydrogens is 166 g/mol. The van der Waals surface area contributed by atoms with E-state index in [0.717, 1.165) is 17.6 Å². The largest absolute Gasteiger partial charge is 0.380 e. The van der Waals surface area contributed by atoms with E-state index < -0.39 is 0 Å². The van der Waals surface area contributed by atoms with Crippen LogP contribution in [0.3, 0.4) is 0 Å². The lowest BCUT2D eigenvalue weighted by Gasteiger charge is -2.05. The van der Waals surface area contributed by atoms with Gasteiger partial charge in [0.15, 0.2) is 0 Å². The number of fused-ring (bicyclic) bond motifs is 1. The molecule has 0 saturated heterocycles. The standard InChI is InChI=1S/C10H11NO2/c1-13-7-8-5-11-4-2-3-10(11)9(8)6-12/h2-6,9H,7H2,1H3/t9-/m0/s1.